The molecule has 0 aliphatic carbocycles. The van der Waals surface area contributed by atoms with Gasteiger partial charge < -0.3 is 14.5 Å². The average molecular weight is 352 g/mol. The Morgan fingerprint density at radius 1 is 1.27 bits per heavy atom. The van der Waals surface area contributed by atoms with Crippen molar-refractivity contribution < 1.29 is 18.3 Å². The van der Waals surface area contributed by atoms with Gasteiger partial charge in [-0.25, -0.2) is 4.39 Å². The lowest BCUT2D eigenvalue weighted by atomic mass is 10.0. The van der Waals surface area contributed by atoms with E-state index in [-0.39, 0.29) is 30.1 Å². The molecule has 6 heteroatoms. The van der Waals surface area contributed by atoms with Crippen LogP contribution in [0.25, 0.3) is 11.1 Å². The van der Waals surface area contributed by atoms with E-state index in [1.54, 1.807) is 31.5 Å². The summed E-state index contributed by atoms with van der Waals surface area (Å²) >= 11 is 0. The molecule has 1 amide bonds. The second-order valence-corrected chi connectivity index (χ2v) is 6.23. The van der Waals surface area contributed by atoms with Crippen molar-refractivity contribution in [1.29, 1.82) is 0 Å². The molecular weight excluding hydrogens is 335 g/mol. The largest absolute Gasteiger partial charge is 0.487 e. The van der Waals surface area contributed by atoms with Crippen LogP contribution < -0.4 is 10.1 Å². The maximum absolute atomic E-state index is 14.2. The molecular formula is C20H17FN2O3. The molecule has 1 atom stereocenters. The molecule has 0 saturated heterocycles. The number of rotatable bonds is 4. The number of carbonyl (C=O) groups excluding carboxylic acids is 1. The predicted octanol–water partition coefficient (Wildman–Crippen LogP) is 3.52. The number of hydrogen-bond acceptors (Lipinski definition) is 4. The highest BCUT2D eigenvalue weighted by molar-refractivity contribution is 5.92. The summed E-state index contributed by atoms with van der Waals surface area (Å²) in [6, 6.07) is 8.59. The van der Waals surface area contributed by atoms with Crippen LogP contribution in [0.3, 0.4) is 0 Å². The Hall–Kier alpha value is -3.15. The maximum Gasteiger partial charge on any atom is 0.287 e. The molecule has 0 bridgehead atoms. The molecule has 1 aliphatic rings. The molecule has 0 fully saturated rings. The molecule has 1 aromatic carbocycles. The van der Waals surface area contributed by atoms with Gasteiger partial charge in [-0.3, -0.25) is 9.78 Å². The Morgan fingerprint density at radius 3 is 2.81 bits per heavy atom. The third-order valence-electron chi connectivity index (χ3n) is 4.47. The predicted molar refractivity (Wildman–Crippen MR) is 93.5 cm³/mol. The van der Waals surface area contributed by atoms with E-state index >= 15 is 0 Å². The minimum absolute atomic E-state index is 0.267. The number of halogens is 1. The number of furan rings is 1. The van der Waals surface area contributed by atoms with Crippen molar-refractivity contribution in [2.75, 3.05) is 6.54 Å². The van der Waals surface area contributed by atoms with Crippen LogP contribution >= 0.6 is 0 Å². The van der Waals surface area contributed by atoms with Gasteiger partial charge in [-0.15, -0.1) is 0 Å². The number of carbonyl (C=O) groups is 1. The van der Waals surface area contributed by atoms with Crippen molar-refractivity contribution >= 4 is 5.91 Å². The molecule has 0 spiro atoms. The zero-order valence-electron chi connectivity index (χ0n) is 14.2. The Labute approximate surface area is 149 Å². The van der Waals surface area contributed by atoms with E-state index in [1.165, 1.54) is 12.3 Å². The van der Waals surface area contributed by atoms with E-state index in [0.717, 1.165) is 16.7 Å². The third-order valence-corrected chi connectivity index (χ3v) is 4.47. The molecule has 3 aromatic rings. The third kappa shape index (κ3) is 2.94. The number of fused-ring (bicyclic) bond motifs is 1. The van der Waals surface area contributed by atoms with Crippen molar-refractivity contribution in [3.8, 4) is 16.9 Å². The first-order chi connectivity index (χ1) is 12.6. The first-order valence-electron chi connectivity index (χ1n) is 8.34. The van der Waals surface area contributed by atoms with Crippen molar-refractivity contribution in [3.05, 3.63) is 71.7 Å². The number of pyridine rings is 1. The number of ether oxygens (including phenoxy) is 1. The average Bonchev–Trinajstić information content (AvgIpc) is 3.27. The van der Waals surface area contributed by atoms with E-state index < -0.39 is 0 Å². The van der Waals surface area contributed by atoms with Gasteiger partial charge in [-0.2, -0.15) is 0 Å². The number of hydrogen-bond donors (Lipinski definition) is 1. The summed E-state index contributed by atoms with van der Waals surface area (Å²) in [5.74, 6) is 0.212. The molecule has 1 N–H and O–H groups in total. The summed E-state index contributed by atoms with van der Waals surface area (Å²) in [6.45, 7) is 2.07. The Morgan fingerprint density at radius 2 is 2.08 bits per heavy atom. The van der Waals surface area contributed by atoms with E-state index in [1.807, 2.05) is 12.1 Å². The normalized spacial score (nSPS) is 15.4. The highest BCUT2D eigenvalue weighted by atomic mass is 19.1. The molecule has 26 heavy (non-hydrogen) atoms. The summed E-state index contributed by atoms with van der Waals surface area (Å²) in [6.07, 6.45) is 4.91. The molecule has 0 radical (unpaired) electrons. The fourth-order valence-electron chi connectivity index (χ4n) is 3.13. The van der Waals surface area contributed by atoms with Crippen LogP contribution in [-0.2, 0) is 6.42 Å². The van der Waals surface area contributed by atoms with Crippen LogP contribution in [0, 0.1) is 12.7 Å². The van der Waals surface area contributed by atoms with Gasteiger partial charge in [0.25, 0.3) is 5.91 Å². The first-order valence-corrected chi connectivity index (χ1v) is 8.34. The molecule has 5 nitrogen and oxygen atoms in total. The summed E-state index contributed by atoms with van der Waals surface area (Å²) < 4.78 is 25.4. The molecule has 2 aromatic heterocycles. The smallest absolute Gasteiger partial charge is 0.287 e. The van der Waals surface area contributed by atoms with Gasteiger partial charge in [0.1, 0.15) is 17.7 Å². The van der Waals surface area contributed by atoms with Gasteiger partial charge in [0.2, 0.25) is 0 Å². The lowest BCUT2D eigenvalue weighted by Crippen LogP contribution is -2.34. The maximum atomic E-state index is 14.2. The van der Waals surface area contributed by atoms with E-state index in [0.29, 0.717) is 17.7 Å². The van der Waals surface area contributed by atoms with Crippen molar-refractivity contribution in [1.82, 2.24) is 10.3 Å². The highest BCUT2D eigenvalue weighted by Gasteiger charge is 2.29. The van der Waals surface area contributed by atoms with E-state index in [4.69, 9.17) is 9.15 Å². The summed E-state index contributed by atoms with van der Waals surface area (Å²) in [4.78, 5) is 16.2. The van der Waals surface area contributed by atoms with Gasteiger partial charge in [0.15, 0.2) is 5.76 Å². The fraction of sp³-hybridized carbons (Fsp3) is 0.200. The Bertz CT molecular complexity index is 953. The van der Waals surface area contributed by atoms with Crippen LogP contribution in [0.2, 0.25) is 0 Å². The molecule has 0 saturated carbocycles. The van der Waals surface area contributed by atoms with Gasteiger partial charge in [0, 0.05) is 35.5 Å². The van der Waals surface area contributed by atoms with Gasteiger partial charge >= 0.3 is 0 Å². The second-order valence-electron chi connectivity index (χ2n) is 6.23. The molecule has 3 heterocycles. The number of benzene rings is 1. The molecule has 4 rings (SSSR count). The summed E-state index contributed by atoms with van der Waals surface area (Å²) in [5, 5.41) is 2.79. The monoisotopic (exact) mass is 352 g/mol. The van der Waals surface area contributed by atoms with Crippen LogP contribution in [0.15, 0.2) is 53.4 Å². The molecule has 1 aliphatic heterocycles. The molecule has 132 valence electrons. The quantitative estimate of drug-likeness (QED) is 0.780. The lowest BCUT2D eigenvalue weighted by molar-refractivity contribution is 0.0905. The summed E-state index contributed by atoms with van der Waals surface area (Å²) in [7, 11) is 0. The number of aromatic nitrogens is 1. The van der Waals surface area contributed by atoms with Crippen molar-refractivity contribution in [2.45, 2.75) is 19.4 Å². The minimum Gasteiger partial charge on any atom is -0.487 e. The van der Waals surface area contributed by atoms with Gasteiger partial charge in [-0.1, -0.05) is 0 Å². The molecule has 0 unspecified atom stereocenters. The lowest BCUT2D eigenvalue weighted by Gasteiger charge is -2.13. The number of amides is 1. The van der Waals surface area contributed by atoms with Crippen LogP contribution in [0.1, 0.15) is 21.7 Å². The minimum atomic E-state index is -0.332. The zero-order valence-corrected chi connectivity index (χ0v) is 14.2. The Kier molecular flexibility index (Phi) is 4.16. The van der Waals surface area contributed by atoms with E-state index in [2.05, 4.69) is 10.3 Å². The van der Waals surface area contributed by atoms with Crippen molar-refractivity contribution in [3.63, 3.8) is 0 Å². The van der Waals surface area contributed by atoms with Crippen LogP contribution in [0.5, 0.6) is 5.75 Å². The van der Waals surface area contributed by atoms with E-state index in [9.17, 15) is 9.18 Å². The fourth-order valence-corrected chi connectivity index (χ4v) is 3.13. The SMILES string of the molecule is Cc1ccoc1C(=O)NC[C@H]1Cc2c(F)ccc(-c3ccncc3)c2O1. The van der Waals surface area contributed by atoms with Gasteiger partial charge in [-0.05, 0) is 42.8 Å². The van der Waals surface area contributed by atoms with Gasteiger partial charge in [0.05, 0.1) is 12.8 Å². The number of nitrogens with one attached hydrogen (secondary N) is 1. The second kappa shape index (κ2) is 6.63. The Balaban J connectivity index is 1.51. The zero-order chi connectivity index (χ0) is 18.1. The summed E-state index contributed by atoms with van der Waals surface area (Å²) in [5.41, 5.74) is 3.03. The first kappa shape index (κ1) is 16.3. The topological polar surface area (TPSA) is 64.4 Å². The van der Waals surface area contributed by atoms with Crippen LogP contribution in [-0.4, -0.2) is 23.5 Å². The number of aryl methyl sites for hydroxylation is 1. The standard InChI is InChI=1S/C20H17FN2O3/c1-12-6-9-25-18(12)20(24)23-11-14-10-16-17(21)3-2-15(19(16)26-14)13-4-7-22-8-5-13/h2-9,14H,10-11H2,1H3,(H,23,24)/t14-/m1/s1. The van der Waals surface area contributed by atoms with Crippen LogP contribution in [0.4, 0.5) is 4.39 Å². The van der Waals surface area contributed by atoms with Crippen molar-refractivity contribution in [2.24, 2.45) is 0 Å². The highest BCUT2D eigenvalue weighted by Crippen LogP contribution is 2.40. The number of nitrogens with zero attached hydrogens (tertiary/aromatic N) is 1.